The molecule has 110 valence electrons. The van der Waals surface area contributed by atoms with Gasteiger partial charge < -0.3 is 0 Å². The first-order valence-electron chi connectivity index (χ1n) is 5.07. The van der Waals surface area contributed by atoms with E-state index in [4.69, 9.17) is 0 Å². The first-order valence-corrected chi connectivity index (χ1v) is 8.10. The van der Waals surface area contributed by atoms with Crippen LogP contribution in [0.25, 0.3) is 0 Å². The number of rotatable bonds is 8. The molecule has 0 rings (SSSR count). The second-order valence-corrected chi connectivity index (χ2v) is 6.92. The van der Waals surface area contributed by atoms with Gasteiger partial charge in [-0.2, -0.15) is 13.2 Å². The van der Waals surface area contributed by atoms with Gasteiger partial charge in [-0.25, -0.2) is 13.0 Å². The van der Waals surface area contributed by atoms with Gasteiger partial charge in [-0.1, -0.05) is 13.8 Å². The Balaban J connectivity index is 4.95. The molecular weight excluding hydrogens is 298 g/mol. The summed E-state index contributed by atoms with van der Waals surface area (Å²) in [6.07, 6.45) is 0.681. The summed E-state index contributed by atoms with van der Waals surface area (Å²) in [4.78, 5) is 0. The summed E-state index contributed by atoms with van der Waals surface area (Å²) < 4.78 is 79.8. The molecule has 6 nitrogen and oxygen atoms in total. The van der Waals surface area contributed by atoms with Gasteiger partial charge in [0.2, 0.25) is 0 Å². The Labute approximate surface area is 103 Å². The van der Waals surface area contributed by atoms with Gasteiger partial charge in [-0.15, -0.1) is 4.49 Å². The van der Waals surface area contributed by atoms with Gasteiger partial charge in [0.1, 0.15) is 0 Å². The predicted molar refractivity (Wildman–Crippen MR) is 58.2 cm³/mol. The quantitative estimate of drug-likeness (QED) is 0.696. The summed E-state index contributed by atoms with van der Waals surface area (Å²) in [6.45, 7) is 2.84. The van der Waals surface area contributed by atoms with Crippen molar-refractivity contribution in [1.82, 2.24) is 4.49 Å². The molecule has 0 aliphatic carbocycles. The maximum Gasteiger partial charge on any atom is 0.511 e. The highest BCUT2D eigenvalue weighted by atomic mass is 32.2. The normalized spacial score (nSPS) is 13.8. The van der Waals surface area contributed by atoms with Crippen molar-refractivity contribution in [2.24, 2.45) is 0 Å². The fourth-order valence-electron chi connectivity index (χ4n) is 0.712. The first-order chi connectivity index (χ1) is 8.08. The van der Waals surface area contributed by atoms with Gasteiger partial charge in [0.05, 0.1) is 13.2 Å². The standard InChI is InChI=1S/C7H15F3NO5PS/c1-3-5-15-17(12,16-6-4-2)11-18(13,14)7(8,9)10/h3-6H2,1-2H3,(H,11,12). The average Bonchev–Trinajstić information content (AvgIpc) is 2.21. The van der Waals surface area contributed by atoms with E-state index >= 15 is 0 Å². The van der Waals surface area contributed by atoms with E-state index in [-0.39, 0.29) is 13.2 Å². The Kier molecular flexibility index (Phi) is 6.80. The highest BCUT2D eigenvalue weighted by Crippen LogP contribution is 2.46. The fourth-order valence-corrected chi connectivity index (χ4v) is 3.65. The molecule has 0 fully saturated rings. The van der Waals surface area contributed by atoms with Crippen molar-refractivity contribution in [2.75, 3.05) is 13.2 Å². The van der Waals surface area contributed by atoms with E-state index in [1.807, 2.05) is 0 Å². The summed E-state index contributed by atoms with van der Waals surface area (Å²) in [7, 11) is -10.3. The summed E-state index contributed by atoms with van der Waals surface area (Å²) in [5.74, 6) is 0. The summed E-state index contributed by atoms with van der Waals surface area (Å²) >= 11 is 0. The third kappa shape index (κ3) is 5.66. The highest BCUT2D eigenvalue weighted by Gasteiger charge is 2.50. The van der Waals surface area contributed by atoms with Gasteiger partial charge >= 0.3 is 23.3 Å². The average molecular weight is 313 g/mol. The number of hydrogen-bond acceptors (Lipinski definition) is 5. The van der Waals surface area contributed by atoms with Gasteiger partial charge in [0.15, 0.2) is 0 Å². The van der Waals surface area contributed by atoms with Crippen LogP contribution in [0.5, 0.6) is 0 Å². The van der Waals surface area contributed by atoms with Crippen LogP contribution < -0.4 is 4.49 Å². The van der Waals surface area contributed by atoms with Crippen molar-refractivity contribution in [1.29, 1.82) is 0 Å². The van der Waals surface area contributed by atoms with Crippen LogP contribution in [0.15, 0.2) is 0 Å². The molecule has 0 aliphatic heterocycles. The van der Waals surface area contributed by atoms with Crippen molar-refractivity contribution in [3.8, 4) is 0 Å². The zero-order valence-corrected chi connectivity index (χ0v) is 11.6. The molecule has 1 N–H and O–H groups in total. The van der Waals surface area contributed by atoms with Crippen LogP contribution in [0.3, 0.4) is 0 Å². The van der Waals surface area contributed by atoms with E-state index in [9.17, 15) is 26.2 Å². The summed E-state index contributed by atoms with van der Waals surface area (Å²) in [6, 6.07) is 0. The molecule has 0 amide bonds. The Hall–Kier alpha value is -0.150. The number of sulfonamides is 1. The third-order valence-electron chi connectivity index (χ3n) is 1.47. The number of nitrogens with one attached hydrogen (secondary N) is 1. The first kappa shape index (κ1) is 17.8. The SMILES string of the molecule is CCCOP(=O)(NS(=O)(=O)C(F)(F)F)OCCC. The lowest BCUT2D eigenvalue weighted by molar-refractivity contribution is -0.0444. The molecule has 0 bridgehead atoms. The predicted octanol–water partition coefficient (Wildman–Crippen LogP) is 2.39. The summed E-state index contributed by atoms with van der Waals surface area (Å²) in [5.41, 5.74) is -5.58. The molecule has 0 spiro atoms. The van der Waals surface area contributed by atoms with Crippen molar-refractivity contribution in [3.63, 3.8) is 0 Å². The number of hydrogen-bond donors (Lipinski definition) is 1. The van der Waals surface area contributed by atoms with E-state index in [2.05, 4.69) is 9.05 Å². The van der Waals surface area contributed by atoms with Crippen LogP contribution in [-0.4, -0.2) is 27.1 Å². The second kappa shape index (κ2) is 6.85. The van der Waals surface area contributed by atoms with Crippen LogP contribution in [0.4, 0.5) is 13.2 Å². The van der Waals surface area contributed by atoms with Crippen molar-refractivity contribution in [2.45, 2.75) is 32.2 Å². The Bertz CT molecular complexity index is 384. The lowest BCUT2D eigenvalue weighted by atomic mass is 10.5. The lowest BCUT2D eigenvalue weighted by Gasteiger charge is -2.19. The molecule has 0 unspecified atom stereocenters. The number of alkyl halides is 3. The molecule has 0 atom stereocenters. The lowest BCUT2D eigenvalue weighted by Crippen LogP contribution is -2.35. The van der Waals surface area contributed by atoms with Crippen LogP contribution in [0, 0.1) is 0 Å². The molecule has 0 saturated carbocycles. The van der Waals surface area contributed by atoms with E-state index in [1.54, 1.807) is 13.8 Å². The maximum atomic E-state index is 12.1. The Morgan fingerprint density at radius 2 is 1.50 bits per heavy atom. The molecule has 0 aliphatic rings. The van der Waals surface area contributed by atoms with Crippen molar-refractivity contribution in [3.05, 3.63) is 0 Å². The van der Waals surface area contributed by atoms with Crippen molar-refractivity contribution >= 4 is 17.8 Å². The molecule has 0 aromatic carbocycles. The van der Waals surface area contributed by atoms with E-state index in [1.165, 1.54) is 0 Å². The van der Waals surface area contributed by atoms with E-state index in [0.717, 1.165) is 4.49 Å². The second-order valence-electron chi connectivity index (χ2n) is 3.20. The molecular formula is C7H15F3NO5PS. The minimum absolute atomic E-state index is 0.193. The smallest absolute Gasteiger partial charge is 0.296 e. The molecule has 0 radical (unpaired) electrons. The zero-order chi connectivity index (χ0) is 14.4. The van der Waals surface area contributed by atoms with Crippen LogP contribution >= 0.6 is 7.75 Å². The monoisotopic (exact) mass is 313 g/mol. The molecule has 0 saturated heterocycles. The molecule has 11 heteroatoms. The van der Waals surface area contributed by atoms with Crippen molar-refractivity contribution < 1.29 is 35.2 Å². The Morgan fingerprint density at radius 3 is 1.78 bits per heavy atom. The zero-order valence-electron chi connectivity index (χ0n) is 9.86. The maximum absolute atomic E-state index is 12.1. The van der Waals surface area contributed by atoms with Crippen LogP contribution in [0.1, 0.15) is 26.7 Å². The molecule has 0 aromatic heterocycles. The van der Waals surface area contributed by atoms with Gasteiger partial charge in [-0.3, -0.25) is 9.05 Å². The molecule has 0 aromatic rings. The minimum Gasteiger partial charge on any atom is -0.296 e. The van der Waals surface area contributed by atoms with Gasteiger partial charge in [0, 0.05) is 0 Å². The van der Waals surface area contributed by atoms with Crippen LogP contribution in [0.2, 0.25) is 0 Å². The third-order valence-corrected chi connectivity index (χ3v) is 4.98. The largest absolute Gasteiger partial charge is 0.511 e. The number of halogens is 3. The molecule has 18 heavy (non-hydrogen) atoms. The van der Waals surface area contributed by atoms with Crippen LogP contribution in [-0.2, 0) is 23.6 Å². The minimum atomic E-state index is -5.78. The topological polar surface area (TPSA) is 81.7 Å². The van der Waals surface area contributed by atoms with E-state index < -0.39 is 23.3 Å². The highest BCUT2D eigenvalue weighted by molar-refractivity contribution is 7.95. The fraction of sp³-hybridized carbons (Fsp3) is 1.00. The van der Waals surface area contributed by atoms with E-state index in [0.29, 0.717) is 12.8 Å². The van der Waals surface area contributed by atoms with Gasteiger partial charge in [0.25, 0.3) is 0 Å². The summed E-state index contributed by atoms with van der Waals surface area (Å²) in [5, 5.41) is 0. The van der Waals surface area contributed by atoms with Gasteiger partial charge in [-0.05, 0) is 12.8 Å². The molecule has 0 heterocycles. The Morgan fingerprint density at radius 1 is 1.11 bits per heavy atom.